The van der Waals surface area contributed by atoms with Crippen molar-refractivity contribution in [3.05, 3.63) is 35.4 Å². The number of nitrogens with zero attached hydrogens (tertiary/aromatic N) is 1. The highest BCUT2D eigenvalue weighted by Gasteiger charge is 2.38. The van der Waals surface area contributed by atoms with E-state index in [0.29, 0.717) is 6.61 Å². The number of carbonyl (C=O) groups is 1. The van der Waals surface area contributed by atoms with Crippen LogP contribution in [0, 0.1) is 0 Å². The molecule has 0 spiro atoms. The van der Waals surface area contributed by atoms with Crippen molar-refractivity contribution < 1.29 is 14.0 Å². The van der Waals surface area contributed by atoms with E-state index in [1.807, 2.05) is 20.8 Å². The van der Waals surface area contributed by atoms with Gasteiger partial charge in [0.15, 0.2) is 8.32 Å². The predicted molar refractivity (Wildman–Crippen MR) is 117 cm³/mol. The smallest absolute Gasteiger partial charge is 0.407 e. The summed E-state index contributed by atoms with van der Waals surface area (Å²) in [5.41, 5.74) is 2.21. The van der Waals surface area contributed by atoms with Gasteiger partial charge in [0, 0.05) is 19.6 Å². The monoisotopic (exact) mass is 406 g/mol. The normalized spacial score (nSPS) is 16.6. The molecule has 1 aromatic rings. The molecule has 0 unspecified atom stereocenters. The van der Waals surface area contributed by atoms with Crippen LogP contribution < -0.4 is 5.32 Å². The Balaban J connectivity index is 2.03. The first kappa shape index (κ1) is 22.9. The van der Waals surface area contributed by atoms with Gasteiger partial charge in [-0.3, -0.25) is 4.90 Å². The van der Waals surface area contributed by atoms with E-state index in [-0.39, 0.29) is 17.2 Å². The third-order valence-electron chi connectivity index (χ3n) is 5.56. The highest BCUT2D eigenvalue weighted by molar-refractivity contribution is 6.74. The van der Waals surface area contributed by atoms with Crippen molar-refractivity contribution in [1.82, 2.24) is 10.2 Å². The molecule has 1 amide bonds. The number of alkyl carbamates (subject to hydrolysis) is 1. The molecular weight excluding hydrogens is 368 g/mol. The van der Waals surface area contributed by atoms with Crippen molar-refractivity contribution in [2.75, 3.05) is 13.2 Å². The van der Waals surface area contributed by atoms with E-state index >= 15 is 0 Å². The number of amides is 1. The van der Waals surface area contributed by atoms with E-state index in [4.69, 9.17) is 9.16 Å². The Hall–Kier alpha value is -1.37. The molecule has 1 atom stereocenters. The summed E-state index contributed by atoms with van der Waals surface area (Å²) in [6.45, 7) is 19.9. The van der Waals surface area contributed by atoms with Gasteiger partial charge in [0.05, 0.1) is 12.6 Å². The van der Waals surface area contributed by atoms with Gasteiger partial charge in [-0.2, -0.15) is 0 Å². The number of nitrogens with one attached hydrogen (secondary N) is 1. The van der Waals surface area contributed by atoms with E-state index in [2.05, 4.69) is 68.3 Å². The van der Waals surface area contributed by atoms with Crippen LogP contribution in [0.15, 0.2) is 24.3 Å². The van der Waals surface area contributed by atoms with Gasteiger partial charge in [0.25, 0.3) is 0 Å². The third kappa shape index (κ3) is 6.60. The van der Waals surface area contributed by atoms with Gasteiger partial charge in [0.2, 0.25) is 0 Å². The molecule has 0 bridgehead atoms. The molecule has 1 heterocycles. The molecule has 0 saturated heterocycles. The Bertz CT molecular complexity index is 652. The Morgan fingerprint density at radius 2 is 1.64 bits per heavy atom. The van der Waals surface area contributed by atoms with Crippen molar-refractivity contribution in [3.63, 3.8) is 0 Å². The number of fused-ring (bicyclic) bond motifs is 1. The van der Waals surface area contributed by atoms with Crippen LogP contribution >= 0.6 is 0 Å². The number of hydrogen-bond acceptors (Lipinski definition) is 4. The lowest BCUT2D eigenvalue weighted by atomic mass is 10.1. The molecule has 1 aliphatic heterocycles. The van der Waals surface area contributed by atoms with Gasteiger partial charge in [-0.15, -0.1) is 0 Å². The second kappa shape index (κ2) is 8.55. The number of benzene rings is 1. The van der Waals surface area contributed by atoms with Crippen LogP contribution in [0.4, 0.5) is 4.79 Å². The average Bonchev–Trinajstić information content (AvgIpc) is 2.92. The standard InChI is InChI=1S/C22H38N2O3Si/c1-21(2,3)27-20(25)23-19(16-26-28(7,8)22(4,5)6)15-24-13-17-11-9-10-12-18(17)14-24/h9-12,19H,13-16H2,1-8H3,(H,23,25)/t19-/m1/s1. The quantitative estimate of drug-likeness (QED) is 0.682. The molecule has 0 fully saturated rings. The average molecular weight is 407 g/mol. The second-order valence-electron chi connectivity index (χ2n) is 10.4. The van der Waals surface area contributed by atoms with Crippen LogP contribution in [-0.2, 0) is 22.3 Å². The molecule has 0 saturated carbocycles. The molecule has 1 aliphatic rings. The largest absolute Gasteiger partial charge is 0.444 e. The summed E-state index contributed by atoms with van der Waals surface area (Å²) < 4.78 is 11.9. The van der Waals surface area contributed by atoms with Crippen molar-refractivity contribution in [2.24, 2.45) is 0 Å². The van der Waals surface area contributed by atoms with E-state index in [1.54, 1.807) is 0 Å². The summed E-state index contributed by atoms with van der Waals surface area (Å²) >= 11 is 0. The molecule has 5 nitrogen and oxygen atoms in total. The van der Waals surface area contributed by atoms with Crippen LogP contribution in [0.3, 0.4) is 0 Å². The zero-order valence-corrected chi connectivity index (χ0v) is 19.9. The van der Waals surface area contributed by atoms with E-state index in [9.17, 15) is 4.79 Å². The molecule has 2 rings (SSSR count). The van der Waals surface area contributed by atoms with Gasteiger partial charge in [-0.1, -0.05) is 45.0 Å². The van der Waals surface area contributed by atoms with Gasteiger partial charge in [-0.25, -0.2) is 4.79 Å². The van der Waals surface area contributed by atoms with Crippen LogP contribution in [0.2, 0.25) is 18.1 Å². The molecule has 0 aliphatic carbocycles. The van der Waals surface area contributed by atoms with Crippen LogP contribution in [0.5, 0.6) is 0 Å². The minimum Gasteiger partial charge on any atom is -0.444 e. The first-order valence-corrected chi connectivity index (χ1v) is 13.1. The second-order valence-corrected chi connectivity index (χ2v) is 15.2. The van der Waals surface area contributed by atoms with Crippen LogP contribution in [0.25, 0.3) is 0 Å². The van der Waals surface area contributed by atoms with Gasteiger partial charge < -0.3 is 14.5 Å². The van der Waals surface area contributed by atoms with Gasteiger partial charge in [0.1, 0.15) is 5.60 Å². The molecule has 28 heavy (non-hydrogen) atoms. The molecule has 6 heteroatoms. The summed E-state index contributed by atoms with van der Waals surface area (Å²) in [7, 11) is -1.90. The van der Waals surface area contributed by atoms with Crippen molar-refractivity contribution in [1.29, 1.82) is 0 Å². The van der Waals surface area contributed by atoms with E-state index in [1.165, 1.54) is 11.1 Å². The number of rotatable bonds is 6. The Labute approximate surface area is 171 Å². The lowest BCUT2D eigenvalue weighted by molar-refractivity contribution is 0.0466. The number of carbonyl (C=O) groups excluding carboxylic acids is 1. The summed E-state index contributed by atoms with van der Waals surface area (Å²) in [4.78, 5) is 14.7. The zero-order valence-electron chi connectivity index (χ0n) is 18.9. The topological polar surface area (TPSA) is 50.8 Å². The lowest BCUT2D eigenvalue weighted by Crippen LogP contribution is -2.50. The molecule has 1 aromatic carbocycles. The summed E-state index contributed by atoms with van der Waals surface area (Å²) in [5, 5.41) is 3.18. The number of hydrogen-bond donors (Lipinski definition) is 1. The molecule has 0 radical (unpaired) electrons. The SMILES string of the molecule is CC(C)(C)OC(=O)N[C@@H](CO[Si](C)(C)C(C)(C)C)CN1Cc2ccccc2C1. The van der Waals surface area contributed by atoms with Gasteiger partial charge in [-0.05, 0) is 50.0 Å². The van der Waals surface area contributed by atoms with E-state index < -0.39 is 13.9 Å². The molecule has 1 N–H and O–H groups in total. The highest BCUT2D eigenvalue weighted by atomic mass is 28.4. The summed E-state index contributed by atoms with van der Waals surface area (Å²) in [5.74, 6) is 0. The maximum absolute atomic E-state index is 12.4. The Kier molecular flexibility index (Phi) is 7.00. The van der Waals surface area contributed by atoms with Crippen molar-refractivity contribution in [2.45, 2.75) is 84.4 Å². The lowest BCUT2D eigenvalue weighted by Gasteiger charge is -2.38. The zero-order chi connectivity index (χ0) is 21.2. The first-order valence-electron chi connectivity index (χ1n) is 10.2. The molecule has 0 aromatic heterocycles. The third-order valence-corrected chi connectivity index (χ3v) is 10.1. The summed E-state index contributed by atoms with van der Waals surface area (Å²) in [6, 6.07) is 8.41. The minimum absolute atomic E-state index is 0.113. The van der Waals surface area contributed by atoms with Crippen LogP contribution in [-0.4, -0.2) is 44.1 Å². The number of ether oxygens (including phenoxy) is 1. The Morgan fingerprint density at radius 3 is 2.11 bits per heavy atom. The predicted octanol–water partition coefficient (Wildman–Crippen LogP) is 4.92. The fraction of sp³-hybridized carbons (Fsp3) is 0.682. The molecule has 158 valence electrons. The first-order chi connectivity index (χ1) is 12.8. The fourth-order valence-electron chi connectivity index (χ4n) is 2.98. The maximum atomic E-state index is 12.4. The Morgan fingerprint density at radius 1 is 1.11 bits per heavy atom. The van der Waals surface area contributed by atoms with Crippen LogP contribution in [0.1, 0.15) is 52.7 Å². The van der Waals surface area contributed by atoms with Gasteiger partial charge >= 0.3 is 6.09 Å². The van der Waals surface area contributed by atoms with Crippen molar-refractivity contribution in [3.8, 4) is 0 Å². The maximum Gasteiger partial charge on any atom is 0.407 e. The minimum atomic E-state index is -1.90. The van der Waals surface area contributed by atoms with Crippen molar-refractivity contribution >= 4 is 14.4 Å². The van der Waals surface area contributed by atoms with E-state index in [0.717, 1.165) is 19.6 Å². The molecular formula is C22H38N2O3Si. The fourth-order valence-corrected chi connectivity index (χ4v) is 4.04. The highest BCUT2D eigenvalue weighted by Crippen LogP contribution is 2.36. The summed E-state index contributed by atoms with van der Waals surface area (Å²) in [6.07, 6.45) is -0.381.